The number of esters is 1. The number of amides is 1. The van der Waals surface area contributed by atoms with Gasteiger partial charge >= 0.3 is 12.1 Å². The molecule has 1 saturated carbocycles. The number of likely N-dealkylation sites (tertiary alicyclic amines) is 1. The number of hydrogen-bond acceptors (Lipinski definition) is 6. The van der Waals surface area contributed by atoms with Crippen molar-refractivity contribution in [3.8, 4) is 0 Å². The fraction of sp³-hybridized carbons (Fsp3) is 0.531. The number of sulfone groups is 1. The van der Waals surface area contributed by atoms with Crippen molar-refractivity contribution < 1.29 is 49.5 Å². The lowest BCUT2D eigenvalue weighted by Crippen LogP contribution is -2.45. The van der Waals surface area contributed by atoms with Crippen molar-refractivity contribution in [2.24, 2.45) is 17.8 Å². The summed E-state index contributed by atoms with van der Waals surface area (Å²) in [5, 5.41) is 0. The van der Waals surface area contributed by atoms with Gasteiger partial charge in [0.2, 0.25) is 11.6 Å². The number of ketones is 1. The van der Waals surface area contributed by atoms with Gasteiger partial charge in [-0.15, -0.1) is 0 Å². The molecule has 2 aromatic rings. The molecule has 2 fully saturated rings. The first-order chi connectivity index (χ1) is 21.0. The first-order valence-electron chi connectivity index (χ1n) is 14.9. The highest BCUT2D eigenvalue weighted by Crippen LogP contribution is 2.60. The van der Waals surface area contributed by atoms with Crippen molar-refractivity contribution in [3.63, 3.8) is 0 Å². The van der Waals surface area contributed by atoms with E-state index in [1.165, 1.54) is 11.0 Å². The van der Waals surface area contributed by atoms with Crippen LogP contribution < -0.4 is 0 Å². The van der Waals surface area contributed by atoms with Crippen molar-refractivity contribution in [3.05, 3.63) is 65.0 Å². The Hall–Kier alpha value is -3.35. The Balaban J connectivity index is 1.49. The van der Waals surface area contributed by atoms with E-state index >= 15 is 0 Å². The lowest BCUT2D eigenvalue weighted by Gasteiger charge is -2.43. The van der Waals surface area contributed by atoms with E-state index in [1.54, 1.807) is 6.92 Å². The third-order valence-corrected chi connectivity index (χ3v) is 12.4. The molecule has 5 rings (SSSR count). The van der Waals surface area contributed by atoms with E-state index in [9.17, 15) is 44.8 Å². The average Bonchev–Trinajstić information content (AvgIpc) is 3.53. The molecule has 0 spiro atoms. The fourth-order valence-electron chi connectivity index (χ4n) is 7.43. The van der Waals surface area contributed by atoms with Crippen molar-refractivity contribution >= 4 is 27.5 Å². The Labute approximate surface area is 258 Å². The molecule has 45 heavy (non-hydrogen) atoms. The summed E-state index contributed by atoms with van der Waals surface area (Å²) in [6.07, 6.45) is -4.57. The molecule has 1 amide bonds. The lowest BCUT2D eigenvalue weighted by molar-refractivity contribution is -0.228. The number of aryl methyl sites for hydroxylation is 1. The van der Waals surface area contributed by atoms with Gasteiger partial charge in [-0.1, -0.05) is 18.2 Å². The van der Waals surface area contributed by atoms with Crippen LogP contribution in [0.5, 0.6) is 0 Å². The monoisotopic (exact) mass is 655 g/mol. The van der Waals surface area contributed by atoms with Crippen LogP contribution >= 0.6 is 0 Å². The fourth-order valence-corrected chi connectivity index (χ4v) is 9.92. The molecule has 1 aliphatic heterocycles. The largest absolute Gasteiger partial charge is 0.465 e. The Morgan fingerprint density at radius 1 is 1.07 bits per heavy atom. The number of hydrogen-bond donors (Lipinski definition) is 0. The SMILES string of the molecule is CCOC(=O)CN1C[C@@H](C(=O)C[C@@H]2CC[C@@]3(S(=O)(=O)c4ccc(F)cc4)c4ccc(C(C)(F)C(F)(F)F)cc4CC[C@@H]23)CC1=O. The lowest BCUT2D eigenvalue weighted by atomic mass is 9.71. The molecule has 7 nitrogen and oxygen atoms in total. The normalized spacial score (nSPS) is 26.2. The minimum atomic E-state index is -5.19. The van der Waals surface area contributed by atoms with Gasteiger partial charge in [0.05, 0.1) is 11.5 Å². The smallest absolute Gasteiger partial charge is 0.426 e. The highest BCUT2D eigenvalue weighted by molar-refractivity contribution is 7.92. The van der Waals surface area contributed by atoms with E-state index in [0.29, 0.717) is 13.3 Å². The van der Waals surface area contributed by atoms with Gasteiger partial charge in [0.25, 0.3) is 0 Å². The predicted molar refractivity (Wildman–Crippen MR) is 152 cm³/mol. The highest BCUT2D eigenvalue weighted by Gasteiger charge is 2.61. The molecule has 1 saturated heterocycles. The summed E-state index contributed by atoms with van der Waals surface area (Å²) in [5.41, 5.74) is -3.75. The van der Waals surface area contributed by atoms with Gasteiger partial charge < -0.3 is 9.64 Å². The van der Waals surface area contributed by atoms with Gasteiger partial charge in [-0.25, -0.2) is 17.2 Å². The van der Waals surface area contributed by atoms with Crippen LogP contribution in [-0.4, -0.2) is 56.9 Å². The molecule has 13 heteroatoms. The Morgan fingerprint density at radius 2 is 1.76 bits per heavy atom. The molecular weight excluding hydrogens is 621 g/mol. The molecule has 0 bridgehead atoms. The van der Waals surface area contributed by atoms with E-state index < -0.39 is 61.5 Å². The van der Waals surface area contributed by atoms with Crippen LogP contribution in [0.1, 0.15) is 62.6 Å². The first-order valence-corrected chi connectivity index (χ1v) is 16.4. The highest BCUT2D eigenvalue weighted by atomic mass is 32.2. The number of benzene rings is 2. The zero-order chi connectivity index (χ0) is 32.9. The molecule has 3 aliphatic rings. The molecule has 0 radical (unpaired) electrons. The summed E-state index contributed by atoms with van der Waals surface area (Å²) in [5.74, 6) is -3.57. The predicted octanol–water partition coefficient (Wildman–Crippen LogP) is 5.59. The molecule has 2 aromatic carbocycles. The maximum Gasteiger partial charge on any atom is 0.426 e. The van der Waals surface area contributed by atoms with E-state index in [1.807, 2.05) is 0 Å². The van der Waals surface area contributed by atoms with Crippen molar-refractivity contribution in [1.82, 2.24) is 4.90 Å². The van der Waals surface area contributed by atoms with Crippen LogP contribution in [0.15, 0.2) is 47.4 Å². The number of halogens is 5. The maximum absolute atomic E-state index is 14.9. The number of fused-ring (bicyclic) bond motifs is 3. The van der Waals surface area contributed by atoms with Crippen LogP contribution in [-0.2, 0) is 45.8 Å². The maximum atomic E-state index is 14.9. The molecule has 0 N–H and O–H groups in total. The number of carbonyl (C=O) groups is 3. The van der Waals surface area contributed by atoms with Gasteiger partial charge in [-0.05, 0) is 92.3 Å². The van der Waals surface area contributed by atoms with Crippen molar-refractivity contribution in [2.75, 3.05) is 19.7 Å². The van der Waals surface area contributed by atoms with E-state index in [4.69, 9.17) is 4.74 Å². The summed E-state index contributed by atoms with van der Waals surface area (Å²) in [4.78, 5) is 39.0. The molecule has 1 unspecified atom stereocenters. The van der Waals surface area contributed by atoms with Gasteiger partial charge in [0, 0.05) is 25.3 Å². The van der Waals surface area contributed by atoms with Crippen molar-refractivity contribution in [2.45, 2.75) is 73.9 Å². The molecule has 5 atom stereocenters. The Morgan fingerprint density at radius 3 is 2.40 bits per heavy atom. The van der Waals surface area contributed by atoms with Crippen LogP contribution in [0, 0.1) is 23.6 Å². The second-order valence-electron chi connectivity index (χ2n) is 12.3. The molecule has 2 aliphatic carbocycles. The first kappa shape index (κ1) is 33.0. The summed E-state index contributed by atoms with van der Waals surface area (Å²) >= 11 is 0. The topological polar surface area (TPSA) is 97.8 Å². The summed E-state index contributed by atoms with van der Waals surface area (Å²) in [6.45, 7) is 1.97. The third-order valence-electron chi connectivity index (χ3n) is 9.78. The molecule has 1 heterocycles. The van der Waals surface area contributed by atoms with E-state index in [-0.39, 0.29) is 79.5 Å². The van der Waals surface area contributed by atoms with Crippen LogP contribution in [0.2, 0.25) is 0 Å². The van der Waals surface area contributed by atoms with Gasteiger partial charge in [0.1, 0.15) is 22.9 Å². The number of alkyl halides is 4. The summed E-state index contributed by atoms with van der Waals surface area (Å²) in [7, 11) is -4.30. The Kier molecular flexibility index (Phi) is 8.65. The molecule has 0 aromatic heterocycles. The van der Waals surface area contributed by atoms with Gasteiger partial charge in [-0.2, -0.15) is 13.2 Å². The quantitative estimate of drug-likeness (QED) is 0.199. The number of nitrogens with zero attached hydrogens (tertiary/aromatic N) is 1. The van der Waals surface area contributed by atoms with Crippen LogP contribution in [0.4, 0.5) is 22.0 Å². The average molecular weight is 656 g/mol. The molecular formula is C32H34F5NO6S. The van der Waals surface area contributed by atoms with E-state index in [0.717, 1.165) is 36.4 Å². The van der Waals surface area contributed by atoms with Crippen LogP contribution in [0.3, 0.4) is 0 Å². The minimum absolute atomic E-state index is 0.0272. The zero-order valence-corrected chi connectivity index (χ0v) is 25.6. The summed E-state index contributed by atoms with van der Waals surface area (Å²) < 4.78 is 102. The second kappa shape index (κ2) is 11.8. The van der Waals surface area contributed by atoms with Crippen molar-refractivity contribution in [1.29, 1.82) is 0 Å². The number of carbonyl (C=O) groups excluding carboxylic acids is 3. The van der Waals surface area contributed by atoms with Crippen LogP contribution in [0.25, 0.3) is 0 Å². The van der Waals surface area contributed by atoms with E-state index in [2.05, 4.69) is 0 Å². The second-order valence-corrected chi connectivity index (χ2v) is 14.5. The number of ether oxygens (including phenoxy) is 1. The standard InChI is InChI=1S/C32H34F5NO6S/c1-3-44-29(41)18-38-17-21(16-28(38)40)27(39)15-20-12-13-31(45(42,43)24-8-6-23(33)7-9-24)25(20)10-4-19-14-22(5-11-26(19)31)30(2,34)32(35,36)37/h5-9,11,14,20-21,25H,3-4,10,12-13,15-18H2,1-2H3/t20-,21-,25-,30?,31-/m0/s1. The number of rotatable bonds is 9. The number of Topliss-reactive ketones (excluding diaryl/α,β-unsaturated/α-hetero) is 1. The molecule has 244 valence electrons. The summed E-state index contributed by atoms with van der Waals surface area (Å²) in [6, 6.07) is 7.62. The minimum Gasteiger partial charge on any atom is -0.465 e. The third kappa shape index (κ3) is 5.65. The Bertz CT molecular complexity index is 1610. The van der Waals surface area contributed by atoms with Gasteiger partial charge in [-0.3, -0.25) is 14.4 Å². The van der Waals surface area contributed by atoms with Gasteiger partial charge in [0.15, 0.2) is 9.84 Å². The zero-order valence-electron chi connectivity index (χ0n) is 24.8.